The first-order chi connectivity index (χ1) is 4.95. The van der Waals surface area contributed by atoms with E-state index in [4.69, 9.17) is 11.6 Å². The SMILES string of the molecule is C/C(=C\C(Cl)C(C)C)C(C)C. The second-order valence-electron chi connectivity index (χ2n) is 3.75. The van der Waals surface area contributed by atoms with Crippen molar-refractivity contribution in [2.45, 2.75) is 40.0 Å². The Balaban J connectivity index is 4.07. The van der Waals surface area contributed by atoms with Gasteiger partial charge in [0.05, 0.1) is 5.38 Å². The molecule has 0 amide bonds. The van der Waals surface area contributed by atoms with Crippen molar-refractivity contribution < 1.29 is 0 Å². The minimum Gasteiger partial charge on any atom is -0.118 e. The largest absolute Gasteiger partial charge is 0.118 e. The maximum absolute atomic E-state index is 6.08. The molecule has 0 bridgehead atoms. The van der Waals surface area contributed by atoms with E-state index in [0.717, 1.165) is 0 Å². The molecule has 0 aromatic rings. The molecule has 0 nitrogen and oxygen atoms in total. The molecule has 0 rings (SSSR count). The first kappa shape index (κ1) is 11.0. The van der Waals surface area contributed by atoms with Gasteiger partial charge in [0, 0.05) is 0 Å². The Hall–Kier alpha value is 0.0300. The predicted molar refractivity (Wildman–Crippen MR) is 53.1 cm³/mol. The molecule has 0 saturated carbocycles. The van der Waals surface area contributed by atoms with Gasteiger partial charge in [0.1, 0.15) is 0 Å². The molecular weight excluding hydrogens is 156 g/mol. The zero-order valence-corrected chi connectivity index (χ0v) is 8.94. The van der Waals surface area contributed by atoms with E-state index in [9.17, 15) is 0 Å². The van der Waals surface area contributed by atoms with Gasteiger partial charge in [-0.05, 0) is 18.8 Å². The Morgan fingerprint density at radius 2 is 1.64 bits per heavy atom. The second kappa shape index (κ2) is 4.82. The van der Waals surface area contributed by atoms with Crippen LogP contribution in [0.15, 0.2) is 11.6 Å². The van der Waals surface area contributed by atoms with Gasteiger partial charge in [-0.25, -0.2) is 0 Å². The molecule has 66 valence electrons. The van der Waals surface area contributed by atoms with Gasteiger partial charge < -0.3 is 0 Å². The molecule has 0 aliphatic rings. The second-order valence-corrected chi connectivity index (χ2v) is 4.26. The third-order valence-electron chi connectivity index (χ3n) is 1.97. The lowest BCUT2D eigenvalue weighted by Crippen LogP contribution is -2.05. The Bertz CT molecular complexity index is 134. The van der Waals surface area contributed by atoms with Crippen molar-refractivity contribution >= 4 is 11.6 Å². The molecule has 1 unspecified atom stereocenters. The lowest BCUT2D eigenvalue weighted by Gasteiger charge is -2.11. The summed E-state index contributed by atoms with van der Waals surface area (Å²) in [5.74, 6) is 1.15. The van der Waals surface area contributed by atoms with E-state index < -0.39 is 0 Å². The fourth-order valence-electron chi connectivity index (χ4n) is 0.636. The van der Waals surface area contributed by atoms with E-state index in [-0.39, 0.29) is 5.38 Å². The number of allylic oxidation sites excluding steroid dienone is 2. The first-order valence-electron chi connectivity index (χ1n) is 4.27. The van der Waals surface area contributed by atoms with E-state index in [0.29, 0.717) is 11.8 Å². The van der Waals surface area contributed by atoms with Crippen LogP contribution in [-0.2, 0) is 0 Å². The van der Waals surface area contributed by atoms with Crippen molar-refractivity contribution in [3.8, 4) is 0 Å². The van der Waals surface area contributed by atoms with Crippen molar-refractivity contribution in [2.75, 3.05) is 0 Å². The zero-order valence-electron chi connectivity index (χ0n) is 8.19. The summed E-state index contributed by atoms with van der Waals surface area (Å²) in [5.41, 5.74) is 1.39. The summed E-state index contributed by atoms with van der Waals surface area (Å²) in [5, 5.41) is 0.192. The molecule has 0 saturated heterocycles. The summed E-state index contributed by atoms with van der Waals surface area (Å²) < 4.78 is 0. The van der Waals surface area contributed by atoms with Gasteiger partial charge in [0.2, 0.25) is 0 Å². The number of alkyl halides is 1. The summed E-state index contributed by atoms with van der Waals surface area (Å²) in [6, 6.07) is 0. The van der Waals surface area contributed by atoms with E-state index in [1.54, 1.807) is 0 Å². The van der Waals surface area contributed by atoms with Gasteiger partial charge in [-0.15, -0.1) is 11.6 Å². The molecule has 1 heteroatoms. The minimum atomic E-state index is 0.192. The van der Waals surface area contributed by atoms with Crippen molar-refractivity contribution in [1.29, 1.82) is 0 Å². The van der Waals surface area contributed by atoms with Crippen LogP contribution in [0.5, 0.6) is 0 Å². The lowest BCUT2D eigenvalue weighted by atomic mass is 10.0. The molecule has 0 aliphatic heterocycles. The smallest absolute Gasteiger partial charge is 0.0541 e. The molecular formula is C10H19Cl. The van der Waals surface area contributed by atoms with Crippen LogP contribution in [0.25, 0.3) is 0 Å². The van der Waals surface area contributed by atoms with Crippen molar-refractivity contribution in [1.82, 2.24) is 0 Å². The highest BCUT2D eigenvalue weighted by Gasteiger charge is 2.07. The summed E-state index contributed by atoms with van der Waals surface area (Å²) in [7, 11) is 0. The fourth-order valence-corrected chi connectivity index (χ4v) is 0.835. The van der Waals surface area contributed by atoms with Crippen LogP contribution in [0, 0.1) is 11.8 Å². The van der Waals surface area contributed by atoms with Gasteiger partial charge in [-0.2, -0.15) is 0 Å². The summed E-state index contributed by atoms with van der Waals surface area (Å²) in [6.45, 7) is 10.8. The summed E-state index contributed by atoms with van der Waals surface area (Å²) in [6.07, 6.45) is 2.16. The number of hydrogen-bond donors (Lipinski definition) is 0. The standard InChI is InChI=1S/C10H19Cl/c1-7(2)9(5)6-10(11)8(3)4/h6-8,10H,1-5H3/b9-6+. The number of halogens is 1. The van der Waals surface area contributed by atoms with Crippen LogP contribution in [0.1, 0.15) is 34.6 Å². The average molecular weight is 175 g/mol. The zero-order chi connectivity index (χ0) is 9.02. The van der Waals surface area contributed by atoms with Crippen molar-refractivity contribution in [3.63, 3.8) is 0 Å². The molecule has 0 N–H and O–H groups in total. The van der Waals surface area contributed by atoms with Crippen molar-refractivity contribution in [3.05, 3.63) is 11.6 Å². The molecule has 1 atom stereocenters. The monoisotopic (exact) mass is 174 g/mol. The lowest BCUT2D eigenvalue weighted by molar-refractivity contribution is 0.658. The van der Waals surface area contributed by atoms with Crippen molar-refractivity contribution in [2.24, 2.45) is 11.8 Å². The summed E-state index contributed by atoms with van der Waals surface area (Å²) in [4.78, 5) is 0. The quantitative estimate of drug-likeness (QED) is 0.451. The van der Waals surface area contributed by atoms with E-state index in [2.05, 4.69) is 40.7 Å². The van der Waals surface area contributed by atoms with E-state index in [1.807, 2.05) is 0 Å². The third-order valence-corrected chi connectivity index (χ3v) is 2.60. The fraction of sp³-hybridized carbons (Fsp3) is 0.800. The molecule has 0 spiro atoms. The topological polar surface area (TPSA) is 0 Å². The highest BCUT2D eigenvalue weighted by Crippen LogP contribution is 2.16. The van der Waals surface area contributed by atoms with Crippen LogP contribution in [-0.4, -0.2) is 5.38 Å². The molecule has 0 aromatic heterocycles. The van der Waals surface area contributed by atoms with Crippen LogP contribution in [0.3, 0.4) is 0 Å². The third kappa shape index (κ3) is 4.47. The molecule has 0 aliphatic carbocycles. The predicted octanol–water partition coefficient (Wildman–Crippen LogP) is 3.85. The maximum Gasteiger partial charge on any atom is 0.0541 e. The van der Waals surface area contributed by atoms with Gasteiger partial charge in [-0.1, -0.05) is 39.3 Å². The average Bonchev–Trinajstić information content (AvgIpc) is 1.87. The van der Waals surface area contributed by atoms with Gasteiger partial charge >= 0.3 is 0 Å². The van der Waals surface area contributed by atoms with Gasteiger partial charge in [0.25, 0.3) is 0 Å². The molecule has 0 heterocycles. The normalized spacial score (nSPS) is 16.2. The minimum absolute atomic E-state index is 0.192. The first-order valence-corrected chi connectivity index (χ1v) is 4.71. The Morgan fingerprint density at radius 1 is 1.18 bits per heavy atom. The molecule has 0 fully saturated rings. The van der Waals surface area contributed by atoms with Crippen LogP contribution < -0.4 is 0 Å². The Labute approximate surface area is 75.6 Å². The maximum atomic E-state index is 6.08. The van der Waals surface area contributed by atoms with E-state index in [1.165, 1.54) is 5.57 Å². The highest BCUT2D eigenvalue weighted by atomic mass is 35.5. The molecule has 0 radical (unpaired) electrons. The molecule has 0 aromatic carbocycles. The van der Waals surface area contributed by atoms with Gasteiger partial charge in [-0.3, -0.25) is 0 Å². The number of rotatable bonds is 3. The van der Waals surface area contributed by atoms with Crippen LogP contribution in [0.2, 0.25) is 0 Å². The summed E-state index contributed by atoms with van der Waals surface area (Å²) >= 11 is 6.08. The highest BCUT2D eigenvalue weighted by molar-refractivity contribution is 6.21. The number of hydrogen-bond acceptors (Lipinski definition) is 0. The van der Waals surface area contributed by atoms with Crippen LogP contribution in [0.4, 0.5) is 0 Å². The van der Waals surface area contributed by atoms with Crippen LogP contribution >= 0.6 is 11.6 Å². The van der Waals surface area contributed by atoms with Gasteiger partial charge in [0.15, 0.2) is 0 Å². The Morgan fingerprint density at radius 3 is 1.91 bits per heavy atom. The molecule has 11 heavy (non-hydrogen) atoms. The van der Waals surface area contributed by atoms with E-state index >= 15 is 0 Å². The Kier molecular flexibility index (Phi) is 4.83.